The van der Waals surface area contributed by atoms with Gasteiger partial charge in [0.2, 0.25) is 0 Å². The highest BCUT2D eigenvalue weighted by Crippen LogP contribution is 2.62. The zero-order chi connectivity index (χ0) is 11.4. The molecule has 0 saturated heterocycles. The zero-order valence-electron chi connectivity index (χ0n) is 8.90. The molecule has 84 valence electrons. The molecule has 0 aromatic carbocycles. The van der Waals surface area contributed by atoms with Crippen LogP contribution >= 0.6 is 11.6 Å². The number of rotatable bonds is 2. The predicted molar refractivity (Wildman–Crippen MR) is 59.7 cm³/mol. The molecule has 3 nitrogen and oxygen atoms in total. The third-order valence-corrected chi connectivity index (χ3v) is 3.96. The number of pyridine rings is 1. The Kier molecular flexibility index (Phi) is 2.02. The molecule has 1 saturated carbocycles. The summed E-state index contributed by atoms with van der Waals surface area (Å²) in [4.78, 5) is 15.3. The molecule has 0 radical (unpaired) electrons. The number of carboxylic acids is 1. The maximum absolute atomic E-state index is 11.0. The molecule has 3 rings (SSSR count). The number of hydrogen-bond acceptors (Lipinski definition) is 2. The predicted octanol–water partition coefficient (Wildman–Crippen LogP) is 2.27. The van der Waals surface area contributed by atoms with E-state index in [4.69, 9.17) is 16.7 Å². The van der Waals surface area contributed by atoms with Crippen LogP contribution in [0, 0.1) is 11.8 Å². The van der Waals surface area contributed by atoms with Crippen molar-refractivity contribution in [3.05, 3.63) is 28.0 Å². The summed E-state index contributed by atoms with van der Waals surface area (Å²) in [5, 5.41) is 9.59. The normalized spacial score (nSPS) is 29.8. The summed E-state index contributed by atoms with van der Waals surface area (Å²) in [6.07, 6.45) is 1.67. The second-order valence-corrected chi connectivity index (χ2v) is 4.96. The minimum atomic E-state index is -0.669. The quantitative estimate of drug-likeness (QED) is 0.803. The van der Waals surface area contributed by atoms with Crippen molar-refractivity contribution < 1.29 is 9.90 Å². The first-order valence-electron chi connectivity index (χ1n) is 5.54. The molecule has 0 amide bonds. The maximum atomic E-state index is 11.0. The molecule has 2 aliphatic carbocycles. The van der Waals surface area contributed by atoms with E-state index in [0.717, 1.165) is 18.5 Å². The van der Waals surface area contributed by atoms with E-state index in [1.54, 1.807) is 0 Å². The lowest BCUT2D eigenvalue weighted by Gasteiger charge is -2.10. The largest absolute Gasteiger partial charge is 0.481 e. The third-order valence-electron chi connectivity index (χ3n) is 3.77. The standard InChI is InChI=1S/C12H12ClNO2/c1-2-7-9-5(4-8(13)14-7)3-6-10(9)11(6)12(15)16/h4,6,10-11H,2-3H2,1H3,(H,15,16)/t6-,10-,11+/m1/s1. The molecule has 1 N–H and O–H groups in total. The first-order valence-corrected chi connectivity index (χ1v) is 5.92. The molecular formula is C12H12ClNO2. The second-order valence-electron chi connectivity index (χ2n) is 4.58. The molecule has 0 aliphatic heterocycles. The van der Waals surface area contributed by atoms with Gasteiger partial charge in [-0.15, -0.1) is 0 Å². The third kappa shape index (κ3) is 1.21. The van der Waals surface area contributed by atoms with Gasteiger partial charge in [0.1, 0.15) is 5.15 Å². The van der Waals surface area contributed by atoms with Gasteiger partial charge < -0.3 is 5.11 Å². The van der Waals surface area contributed by atoms with Crippen molar-refractivity contribution in [2.24, 2.45) is 11.8 Å². The minimum absolute atomic E-state index is 0.180. The first-order chi connectivity index (χ1) is 7.63. The summed E-state index contributed by atoms with van der Waals surface area (Å²) in [5.41, 5.74) is 3.37. The van der Waals surface area contributed by atoms with Crippen LogP contribution in [0.3, 0.4) is 0 Å². The average Bonchev–Trinajstić information content (AvgIpc) is 2.80. The van der Waals surface area contributed by atoms with Crippen LogP contribution in [0.25, 0.3) is 0 Å². The van der Waals surface area contributed by atoms with Crippen molar-refractivity contribution in [3.63, 3.8) is 0 Å². The van der Waals surface area contributed by atoms with Crippen molar-refractivity contribution in [2.75, 3.05) is 0 Å². The van der Waals surface area contributed by atoms with Gasteiger partial charge in [-0.1, -0.05) is 18.5 Å². The molecule has 2 aliphatic rings. The highest BCUT2D eigenvalue weighted by Gasteiger charge is 2.60. The van der Waals surface area contributed by atoms with E-state index in [1.807, 2.05) is 13.0 Å². The first kappa shape index (κ1) is 10.1. The van der Waals surface area contributed by atoms with Crippen LogP contribution in [-0.2, 0) is 17.6 Å². The molecule has 1 fully saturated rings. The number of hydrogen-bond donors (Lipinski definition) is 1. The maximum Gasteiger partial charge on any atom is 0.307 e. The summed E-state index contributed by atoms with van der Waals surface area (Å²) in [6, 6.07) is 1.89. The summed E-state index contributed by atoms with van der Waals surface area (Å²) in [7, 11) is 0. The molecule has 0 unspecified atom stereocenters. The number of aromatic nitrogens is 1. The van der Waals surface area contributed by atoms with Gasteiger partial charge in [0.15, 0.2) is 0 Å². The van der Waals surface area contributed by atoms with E-state index in [0.29, 0.717) is 5.15 Å². The molecule has 4 heteroatoms. The van der Waals surface area contributed by atoms with Gasteiger partial charge >= 0.3 is 5.97 Å². The second kappa shape index (κ2) is 3.20. The van der Waals surface area contributed by atoms with Crippen molar-refractivity contribution >= 4 is 17.6 Å². The van der Waals surface area contributed by atoms with Gasteiger partial charge in [-0.3, -0.25) is 4.79 Å². The van der Waals surface area contributed by atoms with Gasteiger partial charge in [-0.2, -0.15) is 0 Å². The lowest BCUT2D eigenvalue weighted by molar-refractivity contribution is -0.139. The monoisotopic (exact) mass is 237 g/mol. The molecule has 1 aromatic heterocycles. The van der Waals surface area contributed by atoms with Crippen molar-refractivity contribution in [1.82, 2.24) is 4.98 Å². The number of fused-ring (bicyclic) bond motifs is 3. The van der Waals surface area contributed by atoms with Crippen molar-refractivity contribution in [2.45, 2.75) is 25.7 Å². The van der Waals surface area contributed by atoms with E-state index in [-0.39, 0.29) is 17.8 Å². The van der Waals surface area contributed by atoms with E-state index >= 15 is 0 Å². The Balaban J connectivity index is 2.06. The van der Waals surface area contributed by atoms with Crippen LogP contribution in [0.5, 0.6) is 0 Å². The average molecular weight is 238 g/mol. The fourth-order valence-corrected chi connectivity index (χ4v) is 3.32. The minimum Gasteiger partial charge on any atom is -0.481 e. The lowest BCUT2D eigenvalue weighted by atomic mass is 10.0. The topological polar surface area (TPSA) is 50.2 Å². The number of nitrogens with zero attached hydrogens (tertiary/aromatic N) is 1. The Hall–Kier alpha value is -1.09. The molecule has 16 heavy (non-hydrogen) atoms. The number of carboxylic acid groups (broad SMARTS) is 1. The van der Waals surface area contributed by atoms with Crippen LogP contribution in [0.15, 0.2) is 6.07 Å². The summed E-state index contributed by atoms with van der Waals surface area (Å²) >= 11 is 5.94. The number of aliphatic carboxylic acids is 1. The van der Waals surface area contributed by atoms with E-state index in [1.165, 1.54) is 11.1 Å². The number of aryl methyl sites for hydroxylation is 1. The van der Waals surface area contributed by atoms with Crippen molar-refractivity contribution in [3.8, 4) is 0 Å². The smallest absolute Gasteiger partial charge is 0.307 e. The fraction of sp³-hybridized carbons (Fsp3) is 0.500. The Morgan fingerprint density at radius 3 is 3.06 bits per heavy atom. The van der Waals surface area contributed by atoms with Crippen LogP contribution in [-0.4, -0.2) is 16.1 Å². The molecule has 1 heterocycles. The number of carbonyl (C=O) groups is 1. The summed E-state index contributed by atoms with van der Waals surface area (Å²) < 4.78 is 0. The fourth-order valence-electron chi connectivity index (χ4n) is 3.09. The molecule has 0 bridgehead atoms. The van der Waals surface area contributed by atoms with Crippen LogP contribution in [0.4, 0.5) is 0 Å². The van der Waals surface area contributed by atoms with Crippen LogP contribution < -0.4 is 0 Å². The highest BCUT2D eigenvalue weighted by atomic mass is 35.5. The summed E-state index contributed by atoms with van der Waals surface area (Å²) in [5.74, 6) is -0.358. The Morgan fingerprint density at radius 1 is 1.69 bits per heavy atom. The highest BCUT2D eigenvalue weighted by molar-refractivity contribution is 6.29. The molecular weight excluding hydrogens is 226 g/mol. The van der Waals surface area contributed by atoms with Gasteiger partial charge in [-0.25, -0.2) is 4.98 Å². The van der Waals surface area contributed by atoms with Crippen molar-refractivity contribution in [1.29, 1.82) is 0 Å². The van der Waals surface area contributed by atoms with Gasteiger partial charge in [-0.05, 0) is 36.0 Å². The van der Waals surface area contributed by atoms with Gasteiger partial charge in [0.25, 0.3) is 0 Å². The SMILES string of the molecule is CCc1nc(Cl)cc2c1[C@H]1[C@@H](C2)[C@@H]1C(=O)O. The molecule has 3 atom stereocenters. The van der Waals surface area contributed by atoms with Crippen LogP contribution in [0.1, 0.15) is 29.7 Å². The van der Waals surface area contributed by atoms with Crippen LogP contribution in [0.2, 0.25) is 5.15 Å². The van der Waals surface area contributed by atoms with E-state index < -0.39 is 5.97 Å². The van der Waals surface area contributed by atoms with E-state index in [2.05, 4.69) is 4.98 Å². The summed E-state index contributed by atoms with van der Waals surface area (Å²) in [6.45, 7) is 2.03. The molecule has 0 spiro atoms. The Morgan fingerprint density at radius 2 is 2.44 bits per heavy atom. The Bertz CT molecular complexity index is 486. The van der Waals surface area contributed by atoms with E-state index in [9.17, 15) is 4.79 Å². The van der Waals surface area contributed by atoms with Gasteiger partial charge in [0, 0.05) is 11.6 Å². The van der Waals surface area contributed by atoms with Gasteiger partial charge in [0.05, 0.1) is 5.92 Å². The zero-order valence-corrected chi connectivity index (χ0v) is 9.66. The number of halogens is 1. The Labute approximate surface area is 98.5 Å². The lowest BCUT2D eigenvalue weighted by Crippen LogP contribution is -2.07. The molecule has 1 aromatic rings.